The predicted octanol–water partition coefficient (Wildman–Crippen LogP) is 3.01. The minimum atomic E-state index is 0.191. The average molecular weight is 250 g/mol. The lowest BCUT2D eigenvalue weighted by molar-refractivity contribution is 0.0503. The molecule has 2 atom stereocenters. The van der Waals surface area contributed by atoms with Crippen LogP contribution in [0.15, 0.2) is 23.0 Å². The van der Waals surface area contributed by atoms with Gasteiger partial charge in [-0.25, -0.2) is 0 Å². The van der Waals surface area contributed by atoms with E-state index in [-0.39, 0.29) is 5.54 Å². The van der Waals surface area contributed by atoms with Crippen LogP contribution in [0.4, 0.5) is 0 Å². The second-order valence-electron chi connectivity index (χ2n) is 5.79. The van der Waals surface area contributed by atoms with E-state index in [4.69, 9.17) is 10.2 Å². The lowest BCUT2D eigenvalue weighted by atomic mass is 9.73. The number of hydrogen-bond acceptors (Lipinski definition) is 3. The number of rotatable bonds is 5. The minimum Gasteiger partial charge on any atom is -0.472 e. The fourth-order valence-corrected chi connectivity index (χ4v) is 3.32. The number of furan rings is 1. The number of nitrogens with zero attached hydrogens (tertiary/aromatic N) is 1. The lowest BCUT2D eigenvalue weighted by Gasteiger charge is -2.46. The van der Waals surface area contributed by atoms with Crippen LogP contribution in [-0.2, 0) is 6.54 Å². The first kappa shape index (κ1) is 13.6. The fraction of sp³-hybridized carbons (Fsp3) is 0.733. The molecule has 102 valence electrons. The van der Waals surface area contributed by atoms with Gasteiger partial charge in [0.15, 0.2) is 0 Å². The van der Waals surface area contributed by atoms with Crippen molar-refractivity contribution in [2.24, 2.45) is 11.7 Å². The third-order valence-corrected chi connectivity index (χ3v) is 4.69. The van der Waals surface area contributed by atoms with E-state index in [1.807, 2.05) is 12.3 Å². The summed E-state index contributed by atoms with van der Waals surface area (Å²) >= 11 is 0. The van der Waals surface area contributed by atoms with E-state index in [1.54, 1.807) is 6.26 Å². The van der Waals surface area contributed by atoms with Crippen molar-refractivity contribution in [3.63, 3.8) is 0 Å². The standard InChI is InChI=1S/C15H26N2O/c1-3-13-5-4-7-15(9-13,12-16)17(2)10-14-6-8-18-11-14/h6,8,11,13H,3-5,7,9-10,12,16H2,1-2H3. The average Bonchev–Trinajstić information content (AvgIpc) is 2.91. The van der Waals surface area contributed by atoms with Gasteiger partial charge < -0.3 is 10.2 Å². The Morgan fingerprint density at radius 2 is 2.39 bits per heavy atom. The van der Waals surface area contributed by atoms with Gasteiger partial charge in [-0.2, -0.15) is 0 Å². The second kappa shape index (κ2) is 5.89. The molecular formula is C15H26N2O. The molecule has 0 bridgehead atoms. The normalized spacial score (nSPS) is 28.8. The number of hydrogen-bond donors (Lipinski definition) is 1. The Bertz CT molecular complexity index is 349. The van der Waals surface area contributed by atoms with Crippen LogP contribution in [0.5, 0.6) is 0 Å². The van der Waals surface area contributed by atoms with Crippen molar-refractivity contribution in [3.8, 4) is 0 Å². The first-order valence-corrected chi connectivity index (χ1v) is 7.12. The summed E-state index contributed by atoms with van der Waals surface area (Å²) in [5.74, 6) is 0.842. The van der Waals surface area contributed by atoms with Gasteiger partial charge in [0, 0.05) is 24.2 Å². The van der Waals surface area contributed by atoms with Gasteiger partial charge in [0.1, 0.15) is 0 Å². The zero-order valence-corrected chi connectivity index (χ0v) is 11.7. The van der Waals surface area contributed by atoms with Crippen LogP contribution in [0.1, 0.15) is 44.6 Å². The Hall–Kier alpha value is -0.800. The summed E-state index contributed by atoms with van der Waals surface area (Å²) < 4.78 is 5.15. The maximum atomic E-state index is 6.12. The molecule has 3 heteroatoms. The third kappa shape index (κ3) is 2.78. The lowest BCUT2D eigenvalue weighted by Crippen LogP contribution is -2.54. The zero-order valence-electron chi connectivity index (χ0n) is 11.7. The summed E-state index contributed by atoms with van der Waals surface area (Å²) in [6, 6.07) is 2.04. The van der Waals surface area contributed by atoms with Crippen LogP contribution in [0.25, 0.3) is 0 Å². The molecule has 0 saturated heterocycles. The molecule has 1 heterocycles. The van der Waals surface area contributed by atoms with Gasteiger partial charge in [0.05, 0.1) is 12.5 Å². The Balaban J connectivity index is 2.05. The van der Waals surface area contributed by atoms with Gasteiger partial charge >= 0.3 is 0 Å². The summed E-state index contributed by atoms with van der Waals surface area (Å²) in [7, 11) is 2.21. The maximum Gasteiger partial charge on any atom is 0.0947 e. The third-order valence-electron chi connectivity index (χ3n) is 4.69. The zero-order chi connectivity index (χ0) is 13.0. The molecular weight excluding hydrogens is 224 g/mol. The van der Waals surface area contributed by atoms with Crippen LogP contribution in [-0.4, -0.2) is 24.0 Å². The summed E-state index contributed by atoms with van der Waals surface area (Å²) in [6.45, 7) is 4.00. The molecule has 1 fully saturated rings. The van der Waals surface area contributed by atoms with Crippen LogP contribution >= 0.6 is 0 Å². The van der Waals surface area contributed by atoms with E-state index in [9.17, 15) is 0 Å². The van der Waals surface area contributed by atoms with Crippen molar-refractivity contribution in [1.29, 1.82) is 0 Å². The minimum absolute atomic E-state index is 0.191. The molecule has 2 unspecified atom stereocenters. The van der Waals surface area contributed by atoms with E-state index in [0.717, 1.165) is 19.0 Å². The highest BCUT2D eigenvalue weighted by Crippen LogP contribution is 2.37. The highest BCUT2D eigenvalue weighted by Gasteiger charge is 2.37. The molecule has 1 aliphatic carbocycles. The largest absolute Gasteiger partial charge is 0.472 e. The van der Waals surface area contributed by atoms with Crippen molar-refractivity contribution in [2.45, 2.75) is 51.1 Å². The van der Waals surface area contributed by atoms with Crippen molar-refractivity contribution >= 4 is 0 Å². The molecule has 0 aliphatic heterocycles. The first-order valence-electron chi connectivity index (χ1n) is 7.12. The monoisotopic (exact) mass is 250 g/mol. The van der Waals surface area contributed by atoms with Crippen LogP contribution in [0, 0.1) is 5.92 Å². The van der Waals surface area contributed by atoms with Gasteiger partial charge in [-0.1, -0.05) is 26.2 Å². The Morgan fingerprint density at radius 3 is 3.00 bits per heavy atom. The predicted molar refractivity (Wildman–Crippen MR) is 74.2 cm³/mol. The SMILES string of the molecule is CCC1CCCC(CN)(N(C)Cc2ccoc2)C1. The van der Waals surface area contributed by atoms with Gasteiger partial charge in [-0.3, -0.25) is 4.90 Å². The smallest absolute Gasteiger partial charge is 0.0947 e. The molecule has 2 rings (SSSR count). The molecule has 1 aromatic heterocycles. The van der Waals surface area contributed by atoms with Gasteiger partial charge in [0.25, 0.3) is 0 Å². The molecule has 1 aliphatic rings. The molecule has 18 heavy (non-hydrogen) atoms. The van der Waals surface area contributed by atoms with Gasteiger partial charge in [-0.05, 0) is 31.9 Å². The van der Waals surface area contributed by atoms with Crippen molar-refractivity contribution < 1.29 is 4.42 Å². The molecule has 2 N–H and O–H groups in total. The van der Waals surface area contributed by atoms with Crippen molar-refractivity contribution in [1.82, 2.24) is 4.90 Å². The molecule has 3 nitrogen and oxygen atoms in total. The number of nitrogens with two attached hydrogens (primary N) is 1. The molecule has 1 saturated carbocycles. The van der Waals surface area contributed by atoms with E-state index < -0.39 is 0 Å². The quantitative estimate of drug-likeness (QED) is 0.873. The van der Waals surface area contributed by atoms with Gasteiger partial charge in [0.2, 0.25) is 0 Å². The highest BCUT2D eigenvalue weighted by molar-refractivity contribution is 5.07. The Labute approximate surface area is 110 Å². The second-order valence-corrected chi connectivity index (χ2v) is 5.79. The van der Waals surface area contributed by atoms with Crippen LogP contribution in [0.2, 0.25) is 0 Å². The molecule has 0 aromatic carbocycles. The summed E-state index contributed by atoms with van der Waals surface area (Å²) in [5, 5.41) is 0. The van der Waals surface area contributed by atoms with E-state index in [1.165, 1.54) is 37.7 Å². The Kier molecular flexibility index (Phi) is 4.46. The maximum absolute atomic E-state index is 6.12. The molecule has 0 radical (unpaired) electrons. The molecule has 1 aromatic rings. The topological polar surface area (TPSA) is 42.4 Å². The van der Waals surface area contributed by atoms with Crippen LogP contribution in [0.3, 0.4) is 0 Å². The van der Waals surface area contributed by atoms with Crippen LogP contribution < -0.4 is 5.73 Å². The fourth-order valence-electron chi connectivity index (χ4n) is 3.32. The Morgan fingerprint density at radius 1 is 1.56 bits per heavy atom. The number of likely N-dealkylation sites (N-methyl/N-ethyl adjacent to an activating group) is 1. The van der Waals surface area contributed by atoms with E-state index >= 15 is 0 Å². The van der Waals surface area contributed by atoms with Crippen molar-refractivity contribution in [2.75, 3.05) is 13.6 Å². The summed E-state index contributed by atoms with van der Waals surface area (Å²) in [4.78, 5) is 2.44. The van der Waals surface area contributed by atoms with E-state index in [0.29, 0.717) is 0 Å². The highest BCUT2D eigenvalue weighted by atomic mass is 16.3. The van der Waals surface area contributed by atoms with Crippen molar-refractivity contribution in [3.05, 3.63) is 24.2 Å². The van der Waals surface area contributed by atoms with Gasteiger partial charge in [-0.15, -0.1) is 0 Å². The summed E-state index contributed by atoms with van der Waals surface area (Å²) in [5.41, 5.74) is 7.55. The summed E-state index contributed by atoms with van der Waals surface area (Å²) in [6.07, 6.45) is 10.0. The molecule has 0 amide bonds. The molecule has 0 spiro atoms. The first-order chi connectivity index (χ1) is 8.70. The van der Waals surface area contributed by atoms with E-state index in [2.05, 4.69) is 18.9 Å².